The molecule has 0 fully saturated rings. The fourth-order valence-electron chi connectivity index (χ4n) is 1.11. The number of nitrogens with two attached hydrogens (primary N) is 2. The maximum Gasteiger partial charge on any atom is 0.0782 e. The Morgan fingerprint density at radius 2 is 1.73 bits per heavy atom. The van der Waals surface area contributed by atoms with Crippen LogP contribution in [0, 0.1) is 0 Å². The summed E-state index contributed by atoms with van der Waals surface area (Å²) in [5.41, 5.74) is 12.3. The van der Waals surface area contributed by atoms with E-state index < -0.39 is 11.1 Å². The second-order valence-electron chi connectivity index (χ2n) is 3.55. The van der Waals surface area contributed by atoms with Crippen LogP contribution in [0.3, 0.4) is 0 Å². The SMILES string of the molecule is C=C1N=C(C)C(C)(N)C1(C)N. The first kappa shape index (κ1) is 8.43. The molecule has 0 aromatic carbocycles. The highest BCUT2D eigenvalue weighted by molar-refractivity contribution is 5.96. The minimum Gasteiger partial charge on any atom is -0.319 e. The molecule has 1 aliphatic heterocycles. The van der Waals surface area contributed by atoms with E-state index in [-0.39, 0.29) is 0 Å². The zero-order valence-electron chi connectivity index (χ0n) is 7.31. The van der Waals surface area contributed by atoms with Gasteiger partial charge >= 0.3 is 0 Å². The van der Waals surface area contributed by atoms with Gasteiger partial charge in [0.1, 0.15) is 0 Å². The van der Waals surface area contributed by atoms with Gasteiger partial charge in [-0.3, -0.25) is 4.99 Å². The molecular weight excluding hydrogens is 138 g/mol. The van der Waals surface area contributed by atoms with Crippen LogP contribution in [0.2, 0.25) is 0 Å². The van der Waals surface area contributed by atoms with Crippen LogP contribution in [0.4, 0.5) is 0 Å². The Hall–Kier alpha value is -0.670. The van der Waals surface area contributed by atoms with Gasteiger partial charge in [-0.15, -0.1) is 0 Å². The summed E-state index contributed by atoms with van der Waals surface area (Å²) >= 11 is 0. The summed E-state index contributed by atoms with van der Waals surface area (Å²) in [6.07, 6.45) is 0. The fraction of sp³-hybridized carbons (Fsp3) is 0.625. The molecule has 2 atom stereocenters. The molecule has 1 rings (SSSR count). The monoisotopic (exact) mass is 153 g/mol. The van der Waals surface area contributed by atoms with Crippen molar-refractivity contribution in [3.8, 4) is 0 Å². The van der Waals surface area contributed by atoms with Gasteiger partial charge in [0.05, 0.1) is 16.8 Å². The van der Waals surface area contributed by atoms with Crippen LogP contribution in [0.5, 0.6) is 0 Å². The van der Waals surface area contributed by atoms with Crippen molar-refractivity contribution in [1.82, 2.24) is 0 Å². The molecule has 11 heavy (non-hydrogen) atoms. The van der Waals surface area contributed by atoms with Crippen LogP contribution >= 0.6 is 0 Å². The van der Waals surface area contributed by atoms with Crippen molar-refractivity contribution in [1.29, 1.82) is 0 Å². The van der Waals surface area contributed by atoms with Gasteiger partial charge in [-0.1, -0.05) is 6.58 Å². The topological polar surface area (TPSA) is 64.4 Å². The molecule has 4 N–H and O–H groups in total. The number of aliphatic imine (C=N–C) groups is 1. The average molecular weight is 153 g/mol. The molecule has 0 saturated heterocycles. The van der Waals surface area contributed by atoms with Crippen molar-refractivity contribution in [2.45, 2.75) is 31.8 Å². The van der Waals surface area contributed by atoms with Gasteiger partial charge < -0.3 is 11.5 Å². The zero-order valence-corrected chi connectivity index (χ0v) is 7.31. The van der Waals surface area contributed by atoms with Crippen LogP contribution in [-0.4, -0.2) is 16.8 Å². The van der Waals surface area contributed by atoms with Crippen molar-refractivity contribution >= 4 is 5.71 Å². The minimum atomic E-state index is -0.600. The Morgan fingerprint density at radius 3 is 1.82 bits per heavy atom. The van der Waals surface area contributed by atoms with Crippen LogP contribution in [0.1, 0.15) is 20.8 Å². The van der Waals surface area contributed by atoms with E-state index in [1.54, 1.807) is 0 Å². The highest BCUT2D eigenvalue weighted by Crippen LogP contribution is 2.32. The van der Waals surface area contributed by atoms with Crippen molar-refractivity contribution < 1.29 is 0 Å². The summed E-state index contributed by atoms with van der Waals surface area (Å²) in [6, 6.07) is 0. The first-order valence-corrected chi connectivity index (χ1v) is 3.63. The number of rotatable bonds is 0. The predicted molar refractivity (Wildman–Crippen MR) is 47.4 cm³/mol. The molecule has 0 aromatic rings. The Balaban J connectivity index is 3.17. The molecule has 1 heterocycles. The maximum absolute atomic E-state index is 5.97. The Labute approximate surface area is 67.2 Å². The van der Waals surface area contributed by atoms with E-state index in [0.717, 1.165) is 5.71 Å². The largest absolute Gasteiger partial charge is 0.319 e. The molecule has 2 unspecified atom stereocenters. The maximum atomic E-state index is 5.97. The predicted octanol–water partition coefficient (Wildman–Crippen LogP) is 0.409. The third kappa shape index (κ3) is 0.847. The smallest absolute Gasteiger partial charge is 0.0782 e. The molecule has 0 aliphatic carbocycles. The first-order chi connectivity index (χ1) is 4.80. The molecule has 0 aromatic heterocycles. The van der Waals surface area contributed by atoms with Gasteiger partial charge in [0.15, 0.2) is 0 Å². The van der Waals surface area contributed by atoms with Gasteiger partial charge in [0.2, 0.25) is 0 Å². The van der Waals surface area contributed by atoms with E-state index in [9.17, 15) is 0 Å². The van der Waals surface area contributed by atoms with Gasteiger partial charge in [-0.25, -0.2) is 0 Å². The van der Waals surface area contributed by atoms with Crippen LogP contribution in [0.25, 0.3) is 0 Å². The van der Waals surface area contributed by atoms with Crippen molar-refractivity contribution in [3.63, 3.8) is 0 Å². The summed E-state index contributed by atoms with van der Waals surface area (Å²) in [5.74, 6) is 0. The lowest BCUT2D eigenvalue weighted by Crippen LogP contribution is -2.63. The Bertz CT molecular complexity index is 236. The molecule has 3 heteroatoms. The van der Waals surface area contributed by atoms with E-state index in [0.29, 0.717) is 5.70 Å². The third-order valence-electron chi connectivity index (χ3n) is 2.73. The lowest BCUT2D eigenvalue weighted by atomic mass is 9.79. The highest BCUT2D eigenvalue weighted by Gasteiger charge is 2.47. The summed E-state index contributed by atoms with van der Waals surface area (Å²) in [4.78, 5) is 4.17. The Kier molecular flexibility index (Phi) is 1.48. The second kappa shape index (κ2) is 1.93. The summed E-state index contributed by atoms with van der Waals surface area (Å²) in [7, 11) is 0. The molecule has 62 valence electrons. The normalized spacial score (nSPS) is 44.5. The van der Waals surface area contributed by atoms with Crippen molar-refractivity contribution in [3.05, 3.63) is 12.3 Å². The molecular formula is C8H15N3. The first-order valence-electron chi connectivity index (χ1n) is 3.63. The fourth-order valence-corrected chi connectivity index (χ4v) is 1.11. The van der Waals surface area contributed by atoms with Crippen LogP contribution in [-0.2, 0) is 0 Å². The zero-order chi connectivity index (χ0) is 8.86. The van der Waals surface area contributed by atoms with E-state index in [4.69, 9.17) is 11.5 Å². The van der Waals surface area contributed by atoms with Gasteiger partial charge in [-0.2, -0.15) is 0 Å². The van der Waals surface area contributed by atoms with Gasteiger partial charge in [0.25, 0.3) is 0 Å². The molecule has 3 nitrogen and oxygen atoms in total. The van der Waals surface area contributed by atoms with Crippen molar-refractivity contribution in [2.24, 2.45) is 16.5 Å². The lowest BCUT2D eigenvalue weighted by molar-refractivity contribution is 0.411. The van der Waals surface area contributed by atoms with Gasteiger partial charge in [0, 0.05) is 5.71 Å². The molecule has 0 amide bonds. The summed E-state index contributed by atoms with van der Waals surface area (Å²) < 4.78 is 0. The standard InChI is InChI=1S/C8H15N3/c1-5-7(3,9)8(4,10)6(2)11-5/h1,9-10H2,2-4H3. The number of hydrogen-bond acceptors (Lipinski definition) is 3. The second-order valence-corrected chi connectivity index (χ2v) is 3.55. The highest BCUT2D eigenvalue weighted by atomic mass is 15.0. The molecule has 0 spiro atoms. The molecule has 1 aliphatic rings. The summed E-state index contributed by atoms with van der Waals surface area (Å²) in [6.45, 7) is 9.37. The molecule has 0 saturated carbocycles. The average Bonchev–Trinajstić information content (AvgIpc) is 1.95. The number of hydrogen-bond donors (Lipinski definition) is 2. The van der Waals surface area contributed by atoms with Crippen LogP contribution in [0.15, 0.2) is 17.3 Å². The quantitative estimate of drug-likeness (QED) is 0.529. The van der Waals surface area contributed by atoms with Crippen LogP contribution < -0.4 is 11.5 Å². The minimum absolute atomic E-state index is 0.552. The van der Waals surface area contributed by atoms with E-state index >= 15 is 0 Å². The Morgan fingerprint density at radius 1 is 1.27 bits per heavy atom. The van der Waals surface area contributed by atoms with E-state index in [1.165, 1.54) is 0 Å². The van der Waals surface area contributed by atoms with Crippen molar-refractivity contribution in [2.75, 3.05) is 0 Å². The molecule has 0 radical (unpaired) electrons. The lowest BCUT2D eigenvalue weighted by Gasteiger charge is -2.34. The third-order valence-corrected chi connectivity index (χ3v) is 2.73. The number of nitrogens with zero attached hydrogens (tertiary/aromatic N) is 1. The van der Waals surface area contributed by atoms with E-state index in [2.05, 4.69) is 11.6 Å². The summed E-state index contributed by atoms with van der Waals surface area (Å²) in [5, 5.41) is 0. The van der Waals surface area contributed by atoms with E-state index in [1.807, 2.05) is 20.8 Å². The molecule has 0 bridgehead atoms. The van der Waals surface area contributed by atoms with Gasteiger partial charge in [-0.05, 0) is 20.8 Å².